The van der Waals surface area contributed by atoms with Crippen molar-refractivity contribution in [2.75, 3.05) is 33.2 Å². The average molecular weight is 509 g/mol. The molecule has 2 aromatic heterocycles. The molecular weight excluding hydrogens is 476 g/mol. The summed E-state index contributed by atoms with van der Waals surface area (Å²) in [6.45, 7) is 7.31. The van der Waals surface area contributed by atoms with Crippen LogP contribution in [0.25, 0.3) is 11.0 Å². The number of piperazine rings is 1. The molecule has 1 saturated heterocycles. The number of rotatable bonds is 7. The van der Waals surface area contributed by atoms with Gasteiger partial charge in [-0.3, -0.25) is 4.90 Å². The van der Waals surface area contributed by atoms with Gasteiger partial charge < -0.3 is 20.1 Å². The average Bonchev–Trinajstić information content (AvgIpc) is 3.17. The fraction of sp³-hybridized carbons (Fsp3) is 0.500. The van der Waals surface area contributed by atoms with Crippen LogP contribution >= 0.6 is 0 Å². The molecule has 1 aromatic carbocycles. The first-order chi connectivity index (χ1) is 16.8. The maximum atomic E-state index is 14.2. The van der Waals surface area contributed by atoms with E-state index in [0.717, 1.165) is 50.1 Å². The molecule has 36 heavy (non-hydrogen) atoms. The minimum Gasteiger partial charge on any atom is -0.508 e. The number of fused-ring (bicyclic) bond motifs is 1. The van der Waals surface area contributed by atoms with E-state index in [1.165, 1.54) is 19.9 Å². The van der Waals surface area contributed by atoms with Crippen LogP contribution in [-0.2, 0) is 18.4 Å². The third-order valence-electron chi connectivity index (χ3n) is 7.00. The Hall–Kier alpha value is -2.69. The summed E-state index contributed by atoms with van der Waals surface area (Å²) in [5, 5.41) is 21.1. The van der Waals surface area contributed by atoms with Crippen molar-refractivity contribution >= 4 is 11.0 Å². The Labute approximate surface area is 207 Å². The van der Waals surface area contributed by atoms with E-state index in [0.29, 0.717) is 17.6 Å². The topological polar surface area (TPSA) is 75.6 Å². The van der Waals surface area contributed by atoms with Crippen molar-refractivity contribution in [3.8, 4) is 5.75 Å². The number of aromatic amines is 1. The fourth-order valence-corrected chi connectivity index (χ4v) is 4.98. The minimum atomic E-state index is -4.97. The van der Waals surface area contributed by atoms with Crippen LogP contribution in [0.2, 0.25) is 0 Å². The summed E-state index contributed by atoms with van der Waals surface area (Å²) in [6, 6.07) is 8.31. The maximum absolute atomic E-state index is 14.2. The number of nitrogens with zero attached hydrogens (tertiary/aromatic N) is 3. The van der Waals surface area contributed by atoms with E-state index in [1.54, 1.807) is 6.07 Å². The van der Waals surface area contributed by atoms with Gasteiger partial charge in [-0.1, -0.05) is 13.8 Å². The number of halogens is 4. The molecule has 3 heterocycles. The van der Waals surface area contributed by atoms with Gasteiger partial charge in [-0.2, -0.15) is 13.2 Å². The molecule has 10 heteroatoms. The molecule has 0 saturated carbocycles. The van der Waals surface area contributed by atoms with Gasteiger partial charge in [-0.15, -0.1) is 0 Å². The second-order valence-electron chi connectivity index (χ2n) is 10.5. The Bertz CT molecular complexity index is 1220. The van der Waals surface area contributed by atoms with Gasteiger partial charge in [0.2, 0.25) is 0 Å². The highest BCUT2D eigenvalue weighted by molar-refractivity contribution is 5.76. The molecule has 0 amide bonds. The molecule has 0 spiro atoms. The van der Waals surface area contributed by atoms with E-state index in [2.05, 4.69) is 26.8 Å². The molecule has 196 valence electrons. The molecule has 0 aliphatic carbocycles. The van der Waals surface area contributed by atoms with E-state index in [1.807, 2.05) is 6.07 Å². The molecule has 1 fully saturated rings. The molecule has 3 aromatic rings. The van der Waals surface area contributed by atoms with Crippen molar-refractivity contribution < 1.29 is 27.8 Å². The maximum Gasteiger partial charge on any atom is 0.417 e. The second-order valence-corrected chi connectivity index (χ2v) is 10.5. The number of nitrogens with one attached hydrogen (secondary N) is 1. The van der Waals surface area contributed by atoms with Crippen LogP contribution in [0.3, 0.4) is 0 Å². The Morgan fingerprint density at radius 1 is 1.03 bits per heavy atom. The van der Waals surface area contributed by atoms with E-state index in [4.69, 9.17) is 0 Å². The van der Waals surface area contributed by atoms with Crippen LogP contribution in [0.4, 0.5) is 17.6 Å². The van der Waals surface area contributed by atoms with Crippen molar-refractivity contribution in [1.82, 2.24) is 19.8 Å². The largest absolute Gasteiger partial charge is 0.508 e. The number of aromatic nitrogens is 2. The van der Waals surface area contributed by atoms with E-state index < -0.39 is 35.9 Å². The molecule has 4 rings (SSSR count). The lowest BCUT2D eigenvalue weighted by Crippen LogP contribution is -2.50. The molecule has 0 bridgehead atoms. The lowest BCUT2D eigenvalue weighted by molar-refractivity contribution is -0.266. The number of phenols is 1. The Balaban J connectivity index is 1.57. The highest BCUT2D eigenvalue weighted by Gasteiger charge is 2.56. The van der Waals surface area contributed by atoms with E-state index in [9.17, 15) is 27.8 Å². The predicted molar refractivity (Wildman–Crippen MR) is 129 cm³/mol. The van der Waals surface area contributed by atoms with E-state index in [-0.39, 0.29) is 17.0 Å². The van der Waals surface area contributed by atoms with Crippen molar-refractivity contribution in [1.29, 1.82) is 0 Å². The third-order valence-corrected chi connectivity index (χ3v) is 7.00. The third kappa shape index (κ3) is 5.66. The number of H-pyrrole nitrogens is 1. The van der Waals surface area contributed by atoms with Crippen LogP contribution < -0.4 is 0 Å². The van der Waals surface area contributed by atoms with Gasteiger partial charge >= 0.3 is 6.18 Å². The summed E-state index contributed by atoms with van der Waals surface area (Å²) in [7, 11) is 2.08. The molecule has 1 atom stereocenters. The Morgan fingerprint density at radius 2 is 1.72 bits per heavy atom. The zero-order chi connectivity index (χ0) is 26.3. The van der Waals surface area contributed by atoms with Crippen molar-refractivity contribution in [2.24, 2.45) is 0 Å². The van der Waals surface area contributed by atoms with E-state index >= 15 is 0 Å². The molecule has 3 N–H and O–H groups in total. The summed E-state index contributed by atoms with van der Waals surface area (Å²) in [6.07, 6.45) is -6.48. The Kier molecular flexibility index (Phi) is 7.07. The first-order valence-electron chi connectivity index (χ1n) is 11.9. The van der Waals surface area contributed by atoms with Crippen LogP contribution in [0.1, 0.15) is 37.2 Å². The number of hydrogen-bond acceptors (Lipinski definition) is 5. The number of benzene rings is 1. The Morgan fingerprint density at radius 3 is 2.39 bits per heavy atom. The number of phenolic OH excluding ortho intramolecular Hbond substituents is 1. The molecule has 0 radical (unpaired) electrons. The van der Waals surface area contributed by atoms with Gasteiger partial charge in [0.05, 0.1) is 16.7 Å². The normalized spacial score (nSPS) is 18.0. The van der Waals surface area contributed by atoms with Gasteiger partial charge in [0, 0.05) is 50.4 Å². The van der Waals surface area contributed by atoms with Gasteiger partial charge in [0.1, 0.15) is 11.6 Å². The summed E-state index contributed by atoms with van der Waals surface area (Å²) < 4.78 is 56.4. The monoisotopic (exact) mass is 508 g/mol. The number of pyridine rings is 1. The summed E-state index contributed by atoms with van der Waals surface area (Å²) in [5.74, 6) is -1.01. The number of aromatic hydroxyl groups is 1. The number of aliphatic hydroxyl groups is 1. The quantitative estimate of drug-likeness (QED) is 0.414. The van der Waals surface area contributed by atoms with Crippen LogP contribution in [0.15, 0.2) is 36.4 Å². The van der Waals surface area contributed by atoms with Crippen LogP contribution in [0, 0.1) is 5.82 Å². The van der Waals surface area contributed by atoms with Crippen molar-refractivity contribution in [3.05, 3.63) is 59.2 Å². The highest BCUT2D eigenvalue weighted by Crippen LogP contribution is 2.45. The first-order valence-corrected chi connectivity index (χ1v) is 11.9. The zero-order valence-corrected chi connectivity index (χ0v) is 20.7. The molecule has 1 aliphatic heterocycles. The zero-order valence-electron chi connectivity index (χ0n) is 20.7. The molecular formula is C26H32F4N4O2. The molecule has 1 aliphatic rings. The molecule has 1 unspecified atom stereocenters. The summed E-state index contributed by atoms with van der Waals surface area (Å²) >= 11 is 0. The highest BCUT2D eigenvalue weighted by atomic mass is 19.4. The lowest BCUT2D eigenvalue weighted by Gasteiger charge is -2.38. The lowest BCUT2D eigenvalue weighted by atomic mass is 9.73. The van der Waals surface area contributed by atoms with Gasteiger partial charge in [0.25, 0.3) is 0 Å². The van der Waals surface area contributed by atoms with Gasteiger partial charge in [-0.25, -0.2) is 9.37 Å². The number of alkyl halides is 3. The summed E-state index contributed by atoms with van der Waals surface area (Å²) in [5.41, 5.74) is -2.38. The number of hydrogen-bond donors (Lipinski definition) is 3. The fourth-order valence-electron chi connectivity index (χ4n) is 4.98. The van der Waals surface area contributed by atoms with Crippen LogP contribution in [0.5, 0.6) is 5.75 Å². The second kappa shape index (κ2) is 9.64. The standard InChI is InChI=1S/C26H32F4N4O2/c1-24(2,20-12-17(27)4-7-23(20)35)16-25(36,26(28,29)30)14-19-13-22-21(32-19)6-5-18(31-22)15-34-10-8-33(3)9-11-34/h4-7,12-13,32,35-36H,8-11,14-16H2,1-3H3. The number of likely N-dealkylation sites (N-methyl/N-ethyl adjacent to an activating group) is 1. The predicted octanol–water partition coefficient (Wildman–Crippen LogP) is 4.36. The van der Waals surface area contributed by atoms with Crippen molar-refractivity contribution in [2.45, 2.75) is 50.4 Å². The first kappa shape index (κ1) is 26.4. The summed E-state index contributed by atoms with van der Waals surface area (Å²) in [4.78, 5) is 12.1. The minimum absolute atomic E-state index is 0.00274. The molecule has 6 nitrogen and oxygen atoms in total. The SMILES string of the molecule is CN1CCN(Cc2ccc3[nH]c(CC(O)(CC(C)(C)c4cc(F)ccc4O)C(F)(F)F)cc3n2)CC1. The van der Waals surface area contributed by atoms with Crippen LogP contribution in [-0.4, -0.2) is 75.0 Å². The smallest absolute Gasteiger partial charge is 0.417 e. The van der Waals surface area contributed by atoms with Crippen molar-refractivity contribution in [3.63, 3.8) is 0 Å². The van der Waals surface area contributed by atoms with Gasteiger partial charge in [-0.05, 0) is 55.3 Å². The van der Waals surface area contributed by atoms with Gasteiger partial charge in [0.15, 0.2) is 5.60 Å².